The van der Waals surface area contributed by atoms with Crippen molar-refractivity contribution in [3.8, 4) is 0 Å². The van der Waals surface area contributed by atoms with E-state index in [4.69, 9.17) is 5.11 Å². The predicted octanol–water partition coefficient (Wildman–Crippen LogP) is 3.74. The molecule has 2 rings (SSSR count). The second kappa shape index (κ2) is 12.2. The minimum absolute atomic E-state index is 0.00177. The standard InChI is InChI=1S/C23H36O5/c24-18(13-12-17-8-4-3-5-9-17)14-15-20-19(21(25)16-22(20)26)10-6-1-2-7-11-23(27)28/h1,4,6,8-9,18-22,24-26H,2-3,5,7,10-16H2,(H,27,28)/b6-1-/t18-,19+,20+,21-,22+/m0/s1. The Hall–Kier alpha value is -1.43. The molecule has 0 bridgehead atoms. The highest BCUT2D eigenvalue weighted by atomic mass is 16.4. The van der Waals surface area contributed by atoms with E-state index in [-0.39, 0.29) is 24.4 Å². The predicted molar refractivity (Wildman–Crippen MR) is 110 cm³/mol. The largest absolute Gasteiger partial charge is 0.481 e. The normalized spacial score (nSPS) is 28.6. The third-order valence-corrected chi connectivity index (χ3v) is 6.03. The first-order valence-corrected chi connectivity index (χ1v) is 10.7. The lowest BCUT2D eigenvalue weighted by Gasteiger charge is -2.23. The third kappa shape index (κ3) is 7.90. The minimum Gasteiger partial charge on any atom is -0.481 e. The Morgan fingerprint density at radius 1 is 1.14 bits per heavy atom. The molecular formula is C23H36O5. The van der Waals surface area contributed by atoms with Crippen LogP contribution in [0.5, 0.6) is 0 Å². The van der Waals surface area contributed by atoms with E-state index in [1.165, 1.54) is 5.57 Å². The van der Waals surface area contributed by atoms with E-state index in [2.05, 4.69) is 18.2 Å². The molecule has 158 valence electrons. The molecule has 0 aliphatic heterocycles. The van der Waals surface area contributed by atoms with E-state index in [9.17, 15) is 20.1 Å². The number of aliphatic hydroxyl groups is 3. The third-order valence-electron chi connectivity index (χ3n) is 6.03. The highest BCUT2D eigenvalue weighted by molar-refractivity contribution is 5.66. The highest BCUT2D eigenvalue weighted by Crippen LogP contribution is 2.38. The van der Waals surface area contributed by atoms with Crippen molar-refractivity contribution in [3.63, 3.8) is 0 Å². The van der Waals surface area contributed by atoms with Gasteiger partial charge in [-0.25, -0.2) is 0 Å². The van der Waals surface area contributed by atoms with Gasteiger partial charge >= 0.3 is 5.97 Å². The molecule has 2 aliphatic carbocycles. The Balaban J connectivity index is 1.72. The Morgan fingerprint density at radius 3 is 2.64 bits per heavy atom. The lowest BCUT2D eigenvalue weighted by molar-refractivity contribution is -0.137. The van der Waals surface area contributed by atoms with Crippen molar-refractivity contribution in [1.82, 2.24) is 0 Å². The number of aliphatic carboxylic acids is 1. The first kappa shape index (κ1) is 22.9. The van der Waals surface area contributed by atoms with Crippen LogP contribution in [-0.2, 0) is 4.79 Å². The van der Waals surface area contributed by atoms with Gasteiger partial charge in [0.2, 0.25) is 0 Å². The molecule has 0 unspecified atom stereocenters. The van der Waals surface area contributed by atoms with Crippen molar-refractivity contribution in [3.05, 3.63) is 36.0 Å². The van der Waals surface area contributed by atoms with E-state index in [1.54, 1.807) is 0 Å². The molecule has 5 nitrogen and oxygen atoms in total. The van der Waals surface area contributed by atoms with Crippen LogP contribution in [0, 0.1) is 11.8 Å². The zero-order valence-corrected chi connectivity index (χ0v) is 16.7. The summed E-state index contributed by atoms with van der Waals surface area (Å²) in [5, 5.41) is 39.6. The van der Waals surface area contributed by atoms with Gasteiger partial charge in [0.1, 0.15) is 0 Å². The maximum atomic E-state index is 10.5. The average molecular weight is 393 g/mol. The van der Waals surface area contributed by atoms with Crippen LogP contribution < -0.4 is 0 Å². The van der Waals surface area contributed by atoms with Crippen LogP contribution >= 0.6 is 0 Å². The Morgan fingerprint density at radius 2 is 1.93 bits per heavy atom. The molecule has 0 aromatic rings. The summed E-state index contributed by atoms with van der Waals surface area (Å²) < 4.78 is 0. The maximum Gasteiger partial charge on any atom is 0.303 e. The fraction of sp³-hybridized carbons (Fsp3) is 0.696. The van der Waals surface area contributed by atoms with Crippen LogP contribution in [-0.4, -0.2) is 44.7 Å². The molecular weight excluding hydrogens is 356 g/mol. The number of hydrogen-bond acceptors (Lipinski definition) is 4. The number of rotatable bonds is 12. The molecule has 0 saturated heterocycles. The summed E-state index contributed by atoms with van der Waals surface area (Å²) >= 11 is 0. The van der Waals surface area contributed by atoms with Crippen molar-refractivity contribution in [2.24, 2.45) is 11.8 Å². The molecule has 1 fully saturated rings. The summed E-state index contributed by atoms with van der Waals surface area (Å²) in [7, 11) is 0. The highest BCUT2D eigenvalue weighted by Gasteiger charge is 2.40. The van der Waals surface area contributed by atoms with E-state index in [1.807, 2.05) is 12.2 Å². The fourth-order valence-corrected chi connectivity index (χ4v) is 4.36. The van der Waals surface area contributed by atoms with Gasteiger partial charge in [0.15, 0.2) is 0 Å². The van der Waals surface area contributed by atoms with E-state index in [0.717, 1.165) is 25.7 Å². The van der Waals surface area contributed by atoms with Gasteiger partial charge in [-0.05, 0) is 76.0 Å². The molecule has 5 atom stereocenters. The number of allylic oxidation sites excluding steroid dienone is 6. The van der Waals surface area contributed by atoms with Crippen LogP contribution in [0.3, 0.4) is 0 Å². The van der Waals surface area contributed by atoms with Gasteiger partial charge in [-0.2, -0.15) is 0 Å². The van der Waals surface area contributed by atoms with E-state index in [0.29, 0.717) is 38.5 Å². The molecule has 28 heavy (non-hydrogen) atoms. The van der Waals surface area contributed by atoms with Crippen molar-refractivity contribution in [2.75, 3.05) is 0 Å². The molecule has 2 aliphatic rings. The van der Waals surface area contributed by atoms with Crippen LogP contribution in [0.2, 0.25) is 0 Å². The fourth-order valence-electron chi connectivity index (χ4n) is 4.36. The number of carboxylic acids is 1. The van der Waals surface area contributed by atoms with Crippen LogP contribution in [0.1, 0.15) is 70.6 Å². The van der Waals surface area contributed by atoms with Gasteiger partial charge in [0, 0.05) is 6.42 Å². The topological polar surface area (TPSA) is 98.0 Å². The zero-order valence-electron chi connectivity index (χ0n) is 16.7. The number of hydrogen-bond donors (Lipinski definition) is 4. The Bertz CT molecular complexity index is 565. The SMILES string of the molecule is O=C(O)CCC/C=C\C[C@@H]1[C@@H](CC[C@@H](O)CCC2=CCCC=C2)[C@H](O)C[C@@H]1O. The molecule has 4 N–H and O–H groups in total. The summed E-state index contributed by atoms with van der Waals surface area (Å²) in [6.07, 6.45) is 16.9. The van der Waals surface area contributed by atoms with E-state index < -0.39 is 18.2 Å². The summed E-state index contributed by atoms with van der Waals surface area (Å²) in [4.78, 5) is 10.5. The Kier molecular flexibility index (Phi) is 9.96. The lowest BCUT2D eigenvalue weighted by Crippen LogP contribution is -2.23. The van der Waals surface area contributed by atoms with Crippen molar-refractivity contribution in [2.45, 2.75) is 88.9 Å². The maximum absolute atomic E-state index is 10.5. The summed E-state index contributed by atoms with van der Waals surface area (Å²) in [6, 6.07) is 0. The van der Waals surface area contributed by atoms with Gasteiger partial charge < -0.3 is 20.4 Å². The second-order valence-electron chi connectivity index (χ2n) is 8.22. The van der Waals surface area contributed by atoms with Crippen LogP contribution in [0.25, 0.3) is 0 Å². The number of aliphatic hydroxyl groups excluding tert-OH is 3. The molecule has 0 spiro atoms. The van der Waals surface area contributed by atoms with Gasteiger partial charge in [-0.15, -0.1) is 0 Å². The molecule has 0 heterocycles. The summed E-state index contributed by atoms with van der Waals surface area (Å²) in [5.41, 5.74) is 1.30. The molecule has 0 aromatic heterocycles. The smallest absolute Gasteiger partial charge is 0.303 e. The van der Waals surface area contributed by atoms with Crippen molar-refractivity contribution >= 4 is 5.97 Å². The lowest BCUT2D eigenvalue weighted by atomic mass is 9.85. The first-order chi connectivity index (χ1) is 13.5. The van der Waals surface area contributed by atoms with Gasteiger partial charge in [0.05, 0.1) is 18.3 Å². The van der Waals surface area contributed by atoms with Crippen molar-refractivity contribution < 1.29 is 25.2 Å². The molecule has 0 aromatic carbocycles. The molecule has 0 amide bonds. The quantitative estimate of drug-likeness (QED) is 0.300. The number of carboxylic acid groups (broad SMARTS) is 1. The van der Waals surface area contributed by atoms with Gasteiger partial charge in [-0.1, -0.05) is 36.0 Å². The van der Waals surface area contributed by atoms with Gasteiger partial charge in [-0.3, -0.25) is 4.79 Å². The zero-order chi connectivity index (χ0) is 20.4. The Labute approximate surface area is 168 Å². The molecule has 0 radical (unpaired) electrons. The molecule has 5 heteroatoms. The van der Waals surface area contributed by atoms with Crippen LogP contribution in [0.15, 0.2) is 36.0 Å². The van der Waals surface area contributed by atoms with Crippen molar-refractivity contribution in [1.29, 1.82) is 0 Å². The number of carbonyl (C=O) groups is 1. The first-order valence-electron chi connectivity index (χ1n) is 10.7. The average Bonchev–Trinajstić information content (AvgIpc) is 2.94. The molecule has 1 saturated carbocycles. The summed E-state index contributed by atoms with van der Waals surface area (Å²) in [6.45, 7) is 0. The summed E-state index contributed by atoms with van der Waals surface area (Å²) in [5.74, 6) is -0.777. The van der Waals surface area contributed by atoms with Crippen LogP contribution in [0.4, 0.5) is 0 Å². The number of unbranched alkanes of at least 4 members (excludes halogenated alkanes) is 1. The monoisotopic (exact) mass is 392 g/mol. The van der Waals surface area contributed by atoms with E-state index >= 15 is 0 Å². The van der Waals surface area contributed by atoms with Gasteiger partial charge in [0.25, 0.3) is 0 Å². The second-order valence-corrected chi connectivity index (χ2v) is 8.22. The minimum atomic E-state index is -0.780.